The zero-order chi connectivity index (χ0) is 12.4. The molecule has 2 heterocycles. The maximum Gasteiger partial charge on any atom is 0.101 e. The Morgan fingerprint density at radius 2 is 2.35 bits per heavy atom. The van der Waals surface area contributed by atoms with Crippen LogP contribution in [-0.4, -0.2) is 15.8 Å². The van der Waals surface area contributed by atoms with Crippen molar-refractivity contribution in [1.82, 2.24) is 9.78 Å². The van der Waals surface area contributed by atoms with Crippen LogP contribution in [0.25, 0.3) is 0 Å². The quantitative estimate of drug-likeness (QED) is 0.760. The van der Waals surface area contributed by atoms with E-state index in [9.17, 15) is 0 Å². The van der Waals surface area contributed by atoms with Crippen molar-refractivity contribution in [1.29, 1.82) is 0 Å². The number of aromatic nitrogens is 2. The molecule has 0 bridgehead atoms. The van der Waals surface area contributed by atoms with Gasteiger partial charge in [-0.25, -0.2) is 0 Å². The molecule has 0 spiro atoms. The Balaban J connectivity index is 2.38. The normalized spacial score (nSPS) is 14.8. The molecule has 92 valence electrons. The monoisotopic (exact) mass is 425 g/mol. The summed E-state index contributed by atoms with van der Waals surface area (Å²) in [6.07, 6.45) is 4.82. The number of halogens is 2. The molecule has 17 heavy (non-hydrogen) atoms. The lowest BCUT2D eigenvalue weighted by Crippen LogP contribution is -2.32. The Bertz CT molecular complexity index is 456. The summed E-state index contributed by atoms with van der Waals surface area (Å²) < 4.78 is 4.22. The van der Waals surface area contributed by atoms with Crippen molar-refractivity contribution in [2.75, 3.05) is 0 Å². The molecule has 2 rings (SSSR count). The minimum atomic E-state index is 0.0799. The van der Waals surface area contributed by atoms with Gasteiger partial charge in [0, 0.05) is 17.1 Å². The van der Waals surface area contributed by atoms with Crippen LogP contribution >= 0.6 is 49.9 Å². The highest BCUT2D eigenvalue weighted by Crippen LogP contribution is 2.31. The van der Waals surface area contributed by atoms with Gasteiger partial charge in [0.2, 0.25) is 0 Å². The molecule has 2 aromatic rings. The zero-order valence-corrected chi connectivity index (χ0v) is 13.9. The van der Waals surface area contributed by atoms with Crippen LogP contribution in [0.15, 0.2) is 28.3 Å². The topological polar surface area (TPSA) is 43.8 Å². The first kappa shape index (κ1) is 13.5. The molecule has 0 saturated heterocycles. The highest BCUT2D eigenvalue weighted by atomic mass is 127. The molecule has 2 aromatic heterocycles. The third kappa shape index (κ3) is 3.10. The minimum Gasteiger partial charge on any atom is -0.326 e. The van der Waals surface area contributed by atoms with E-state index in [1.54, 1.807) is 11.3 Å². The third-order valence-electron chi connectivity index (χ3n) is 2.62. The van der Waals surface area contributed by atoms with E-state index >= 15 is 0 Å². The molecule has 3 nitrogen and oxygen atoms in total. The van der Waals surface area contributed by atoms with Crippen molar-refractivity contribution in [3.8, 4) is 0 Å². The summed E-state index contributed by atoms with van der Waals surface area (Å²) in [4.78, 5) is 1.24. The van der Waals surface area contributed by atoms with Gasteiger partial charge in [-0.1, -0.05) is 6.92 Å². The van der Waals surface area contributed by atoms with Crippen LogP contribution < -0.4 is 5.73 Å². The Hall–Kier alpha value is 0.0800. The van der Waals surface area contributed by atoms with Gasteiger partial charge in [-0.3, -0.25) is 4.68 Å². The summed E-state index contributed by atoms with van der Waals surface area (Å²) in [5.41, 5.74) is 6.23. The van der Waals surface area contributed by atoms with Gasteiger partial charge in [0.15, 0.2) is 0 Å². The van der Waals surface area contributed by atoms with Crippen molar-refractivity contribution in [2.24, 2.45) is 5.73 Å². The summed E-state index contributed by atoms with van der Waals surface area (Å²) in [5.74, 6) is 0. The van der Waals surface area contributed by atoms with E-state index in [1.165, 1.54) is 4.88 Å². The average molecular weight is 426 g/mol. The first-order valence-electron chi connectivity index (χ1n) is 5.32. The summed E-state index contributed by atoms with van der Waals surface area (Å²) in [6.45, 7) is 2.11. The highest BCUT2D eigenvalue weighted by Gasteiger charge is 2.22. The predicted octanol–water partition coefficient (Wildman–Crippen LogP) is 3.64. The van der Waals surface area contributed by atoms with Gasteiger partial charge in [-0.15, -0.1) is 11.3 Å². The molecule has 0 saturated carbocycles. The number of nitrogens with zero attached hydrogens (tertiary/aromatic N) is 2. The van der Waals surface area contributed by atoms with E-state index in [0.29, 0.717) is 0 Å². The van der Waals surface area contributed by atoms with Crippen LogP contribution in [0.2, 0.25) is 0 Å². The first-order chi connectivity index (χ1) is 8.11. The summed E-state index contributed by atoms with van der Waals surface area (Å²) in [6, 6.07) is 4.38. The second-order valence-electron chi connectivity index (χ2n) is 3.80. The smallest absolute Gasteiger partial charge is 0.101 e. The van der Waals surface area contributed by atoms with Gasteiger partial charge in [0.25, 0.3) is 0 Å². The van der Waals surface area contributed by atoms with Gasteiger partial charge >= 0.3 is 0 Å². The first-order valence-corrected chi connectivity index (χ1v) is 8.01. The van der Waals surface area contributed by atoms with Gasteiger partial charge in [0.05, 0.1) is 13.6 Å². The van der Waals surface area contributed by atoms with Crippen LogP contribution in [0.4, 0.5) is 0 Å². The van der Waals surface area contributed by atoms with Crippen LogP contribution in [0, 0.1) is 3.57 Å². The minimum absolute atomic E-state index is 0.0799. The second-order valence-corrected chi connectivity index (χ2v) is 7.54. The van der Waals surface area contributed by atoms with Gasteiger partial charge in [-0.2, -0.15) is 5.10 Å². The Kier molecular flexibility index (Phi) is 4.62. The van der Waals surface area contributed by atoms with Crippen molar-refractivity contribution in [2.45, 2.75) is 25.4 Å². The van der Waals surface area contributed by atoms with Crippen molar-refractivity contribution >= 4 is 49.9 Å². The van der Waals surface area contributed by atoms with E-state index in [0.717, 1.165) is 13.8 Å². The number of thiophene rings is 1. The van der Waals surface area contributed by atoms with Gasteiger partial charge < -0.3 is 5.73 Å². The SMILES string of the molecule is CCC(N)C(c1ccc(Br)s1)n1cc(I)cn1. The summed E-state index contributed by atoms with van der Waals surface area (Å²) in [5, 5.41) is 4.39. The molecule has 0 fully saturated rings. The van der Waals surface area contributed by atoms with Gasteiger partial charge in [0.1, 0.15) is 6.04 Å². The number of nitrogens with two attached hydrogens (primary N) is 1. The fourth-order valence-electron chi connectivity index (χ4n) is 1.72. The van der Waals surface area contributed by atoms with Crippen LogP contribution in [-0.2, 0) is 0 Å². The summed E-state index contributed by atoms with van der Waals surface area (Å²) >= 11 is 7.48. The molecule has 0 radical (unpaired) electrons. The zero-order valence-electron chi connectivity index (χ0n) is 9.31. The molecule has 0 amide bonds. The molecule has 0 aliphatic heterocycles. The molecule has 0 aromatic carbocycles. The fourth-order valence-corrected chi connectivity index (χ4v) is 3.72. The van der Waals surface area contributed by atoms with Crippen LogP contribution in [0.1, 0.15) is 24.3 Å². The van der Waals surface area contributed by atoms with Crippen molar-refractivity contribution < 1.29 is 0 Å². The molecular formula is C11H13BrIN3S. The van der Waals surface area contributed by atoms with Crippen molar-refractivity contribution in [3.63, 3.8) is 0 Å². The molecule has 6 heteroatoms. The summed E-state index contributed by atoms with van der Waals surface area (Å²) in [7, 11) is 0. The maximum absolute atomic E-state index is 6.23. The number of rotatable bonds is 4. The third-order valence-corrected chi connectivity index (χ3v) is 4.87. The maximum atomic E-state index is 6.23. The number of hydrogen-bond acceptors (Lipinski definition) is 3. The van der Waals surface area contributed by atoms with Crippen molar-refractivity contribution in [3.05, 3.63) is 36.8 Å². The van der Waals surface area contributed by atoms with Gasteiger partial charge in [-0.05, 0) is 57.1 Å². The fraction of sp³-hybridized carbons (Fsp3) is 0.364. The molecule has 2 atom stereocenters. The molecule has 0 aliphatic carbocycles. The van der Waals surface area contributed by atoms with E-state index < -0.39 is 0 Å². The molecule has 0 aliphatic rings. The molecular weight excluding hydrogens is 413 g/mol. The molecule has 2 unspecified atom stereocenters. The Labute approximate surface area is 127 Å². The lowest BCUT2D eigenvalue weighted by atomic mass is 10.1. The van der Waals surface area contributed by atoms with E-state index in [-0.39, 0.29) is 12.1 Å². The van der Waals surface area contributed by atoms with E-state index in [4.69, 9.17) is 5.73 Å². The Morgan fingerprint density at radius 3 is 2.82 bits per heavy atom. The average Bonchev–Trinajstić information content (AvgIpc) is 2.89. The van der Waals surface area contributed by atoms with Crippen LogP contribution in [0.5, 0.6) is 0 Å². The number of hydrogen-bond donors (Lipinski definition) is 1. The lowest BCUT2D eigenvalue weighted by molar-refractivity contribution is 0.429. The molecule has 2 N–H and O–H groups in total. The second kappa shape index (κ2) is 5.81. The van der Waals surface area contributed by atoms with Crippen LogP contribution in [0.3, 0.4) is 0 Å². The Morgan fingerprint density at radius 1 is 1.59 bits per heavy atom. The predicted molar refractivity (Wildman–Crippen MR) is 83.4 cm³/mol. The highest BCUT2D eigenvalue weighted by molar-refractivity contribution is 14.1. The van der Waals surface area contributed by atoms with E-state index in [2.05, 4.69) is 62.7 Å². The lowest BCUT2D eigenvalue weighted by Gasteiger charge is -2.22. The standard InChI is InChI=1S/C11H13BrIN3S/c1-2-8(14)11(9-3-4-10(12)17-9)16-6-7(13)5-15-16/h3-6,8,11H,2,14H2,1H3. The largest absolute Gasteiger partial charge is 0.326 e. The van der Waals surface area contributed by atoms with E-state index in [1.807, 2.05) is 17.1 Å².